The van der Waals surface area contributed by atoms with Crippen molar-refractivity contribution in [2.45, 2.75) is 11.3 Å². The van der Waals surface area contributed by atoms with Crippen LogP contribution in [0, 0.1) is 0 Å². The molecule has 0 bridgehead atoms. The molecule has 1 aromatic heterocycles. The lowest BCUT2D eigenvalue weighted by Crippen LogP contribution is -2.25. The first kappa shape index (κ1) is 21.9. The van der Waals surface area contributed by atoms with Gasteiger partial charge in [0.2, 0.25) is 5.91 Å². The molecule has 156 valence electrons. The van der Waals surface area contributed by atoms with E-state index in [-0.39, 0.29) is 34.9 Å². The zero-order valence-electron chi connectivity index (χ0n) is 15.5. The summed E-state index contributed by atoms with van der Waals surface area (Å²) in [6, 6.07) is 11.7. The number of amides is 1. The maximum atomic E-state index is 13.7. The lowest BCUT2D eigenvalue weighted by Gasteiger charge is -2.16. The molecule has 3 aromatic rings. The van der Waals surface area contributed by atoms with Crippen molar-refractivity contribution in [2.24, 2.45) is 0 Å². The van der Waals surface area contributed by atoms with Crippen molar-refractivity contribution in [3.8, 4) is 17.1 Å². The van der Waals surface area contributed by atoms with E-state index >= 15 is 0 Å². The second-order valence-electron chi connectivity index (χ2n) is 6.05. The minimum absolute atomic E-state index is 0.0459. The molecular formula is C20H16ClF3N4OS. The van der Waals surface area contributed by atoms with E-state index in [0.717, 1.165) is 17.8 Å². The molecule has 0 saturated heterocycles. The Bertz CT molecular complexity index is 1070. The molecule has 0 aliphatic carbocycles. The SMILES string of the molecule is C=CCNC(=O)CSc1nnc(-c2cccc(Cl)c2)n1-c1ccccc1C(F)(F)F. The fraction of sp³-hybridized carbons (Fsp3) is 0.150. The normalized spacial score (nSPS) is 11.3. The average molecular weight is 453 g/mol. The van der Waals surface area contributed by atoms with Gasteiger partial charge in [-0.1, -0.05) is 53.7 Å². The van der Waals surface area contributed by atoms with Gasteiger partial charge in [0.15, 0.2) is 11.0 Å². The van der Waals surface area contributed by atoms with Crippen LogP contribution in [0.5, 0.6) is 0 Å². The first-order valence-electron chi connectivity index (χ1n) is 8.69. The van der Waals surface area contributed by atoms with Gasteiger partial charge >= 0.3 is 6.18 Å². The molecule has 1 amide bonds. The van der Waals surface area contributed by atoms with Gasteiger partial charge < -0.3 is 5.32 Å². The smallest absolute Gasteiger partial charge is 0.352 e. The van der Waals surface area contributed by atoms with Crippen molar-refractivity contribution >= 4 is 29.3 Å². The highest BCUT2D eigenvalue weighted by atomic mass is 35.5. The molecule has 0 saturated carbocycles. The maximum absolute atomic E-state index is 13.7. The Hall–Kier alpha value is -2.78. The Kier molecular flexibility index (Phi) is 6.84. The monoisotopic (exact) mass is 452 g/mol. The first-order valence-corrected chi connectivity index (χ1v) is 10.1. The average Bonchev–Trinajstić information content (AvgIpc) is 3.14. The van der Waals surface area contributed by atoms with Crippen LogP contribution in [0.15, 0.2) is 66.3 Å². The summed E-state index contributed by atoms with van der Waals surface area (Å²) >= 11 is 7.03. The van der Waals surface area contributed by atoms with Gasteiger partial charge in [-0.3, -0.25) is 9.36 Å². The zero-order chi connectivity index (χ0) is 21.7. The molecule has 1 N–H and O–H groups in total. The van der Waals surface area contributed by atoms with Crippen LogP contribution in [-0.4, -0.2) is 33.0 Å². The number of thioether (sulfide) groups is 1. The van der Waals surface area contributed by atoms with E-state index in [1.807, 2.05) is 0 Å². The topological polar surface area (TPSA) is 59.8 Å². The summed E-state index contributed by atoms with van der Waals surface area (Å²) < 4.78 is 42.3. The zero-order valence-corrected chi connectivity index (χ0v) is 17.1. The minimum atomic E-state index is -4.59. The van der Waals surface area contributed by atoms with Crippen molar-refractivity contribution in [1.82, 2.24) is 20.1 Å². The van der Waals surface area contributed by atoms with Crippen molar-refractivity contribution < 1.29 is 18.0 Å². The van der Waals surface area contributed by atoms with Crippen molar-refractivity contribution in [3.05, 3.63) is 71.8 Å². The number of benzene rings is 2. The van der Waals surface area contributed by atoms with Gasteiger partial charge in [0.05, 0.1) is 17.0 Å². The maximum Gasteiger partial charge on any atom is 0.418 e. The summed E-state index contributed by atoms with van der Waals surface area (Å²) in [5.74, 6) is -0.165. The van der Waals surface area contributed by atoms with Crippen LogP contribution in [0.2, 0.25) is 5.02 Å². The number of halogens is 4. The molecule has 30 heavy (non-hydrogen) atoms. The van der Waals surface area contributed by atoms with E-state index in [0.29, 0.717) is 10.6 Å². The predicted molar refractivity (Wildman–Crippen MR) is 111 cm³/mol. The van der Waals surface area contributed by atoms with Crippen molar-refractivity contribution in [1.29, 1.82) is 0 Å². The second kappa shape index (κ2) is 9.36. The number of para-hydroxylation sites is 1. The summed E-state index contributed by atoms with van der Waals surface area (Å²) in [7, 11) is 0. The van der Waals surface area contributed by atoms with Crippen LogP contribution in [0.1, 0.15) is 5.56 Å². The number of rotatable bonds is 7. The van der Waals surface area contributed by atoms with Crippen LogP contribution in [0.4, 0.5) is 13.2 Å². The quantitative estimate of drug-likeness (QED) is 0.405. The standard InChI is InChI=1S/C20H16ClF3N4OS/c1-2-10-25-17(29)12-30-19-27-26-18(13-6-5-7-14(21)11-13)28(19)16-9-4-3-8-15(16)20(22,23)24/h2-9,11H,1,10,12H2,(H,25,29). The van der Waals surface area contributed by atoms with E-state index in [1.54, 1.807) is 24.3 Å². The Morgan fingerprint density at radius 2 is 1.97 bits per heavy atom. The largest absolute Gasteiger partial charge is 0.418 e. The van der Waals surface area contributed by atoms with E-state index < -0.39 is 11.7 Å². The Morgan fingerprint density at radius 3 is 2.67 bits per heavy atom. The third kappa shape index (κ3) is 5.03. The fourth-order valence-corrected chi connectivity index (χ4v) is 3.64. The molecule has 0 unspecified atom stereocenters. The van der Waals surface area contributed by atoms with E-state index in [1.165, 1.54) is 28.8 Å². The van der Waals surface area contributed by atoms with Crippen LogP contribution in [0.25, 0.3) is 17.1 Å². The molecule has 0 atom stereocenters. The van der Waals surface area contributed by atoms with Crippen LogP contribution in [-0.2, 0) is 11.0 Å². The Morgan fingerprint density at radius 1 is 1.20 bits per heavy atom. The molecule has 0 spiro atoms. The summed E-state index contributed by atoms with van der Waals surface area (Å²) in [5.41, 5.74) is -0.486. The molecule has 0 radical (unpaired) electrons. The first-order chi connectivity index (χ1) is 14.3. The van der Waals surface area contributed by atoms with Crippen LogP contribution in [0.3, 0.4) is 0 Å². The molecule has 5 nitrogen and oxygen atoms in total. The van der Waals surface area contributed by atoms with Crippen LogP contribution < -0.4 is 5.32 Å². The summed E-state index contributed by atoms with van der Waals surface area (Å²) in [5, 5.41) is 11.3. The summed E-state index contributed by atoms with van der Waals surface area (Å²) in [4.78, 5) is 11.9. The van der Waals surface area contributed by atoms with Gasteiger partial charge in [-0.15, -0.1) is 16.8 Å². The molecule has 0 fully saturated rings. The Labute approximate surface area is 180 Å². The number of carbonyl (C=O) groups excluding carboxylic acids is 1. The van der Waals surface area contributed by atoms with Crippen molar-refractivity contribution in [3.63, 3.8) is 0 Å². The van der Waals surface area contributed by atoms with E-state index in [2.05, 4.69) is 22.1 Å². The summed E-state index contributed by atoms with van der Waals surface area (Å²) in [6.45, 7) is 3.80. The molecule has 1 heterocycles. The van der Waals surface area contributed by atoms with E-state index in [9.17, 15) is 18.0 Å². The Balaban J connectivity index is 2.10. The lowest BCUT2D eigenvalue weighted by molar-refractivity contribution is -0.137. The number of alkyl halides is 3. The highest BCUT2D eigenvalue weighted by Crippen LogP contribution is 2.37. The second-order valence-corrected chi connectivity index (χ2v) is 7.43. The third-order valence-electron chi connectivity index (χ3n) is 3.94. The number of aromatic nitrogens is 3. The molecular weight excluding hydrogens is 437 g/mol. The van der Waals surface area contributed by atoms with E-state index in [4.69, 9.17) is 11.6 Å². The highest BCUT2D eigenvalue weighted by molar-refractivity contribution is 7.99. The molecule has 10 heteroatoms. The fourth-order valence-electron chi connectivity index (χ4n) is 2.67. The van der Waals surface area contributed by atoms with Gasteiger partial charge in [0.25, 0.3) is 0 Å². The van der Waals surface area contributed by atoms with Gasteiger partial charge in [-0.2, -0.15) is 13.2 Å². The lowest BCUT2D eigenvalue weighted by atomic mass is 10.1. The van der Waals surface area contributed by atoms with Gasteiger partial charge in [-0.25, -0.2) is 0 Å². The highest BCUT2D eigenvalue weighted by Gasteiger charge is 2.35. The third-order valence-corrected chi connectivity index (χ3v) is 5.11. The number of hydrogen-bond acceptors (Lipinski definition) is 4. The number of carbonyl (C=O) groups is 1. The van der Waals surface area contributed by atoms with Gasteiger partial charge in [0.1, 0.15) is 0 Å². The van der Waals surface area contributed by atoms with Crippen LogP contribution >= 0.6 is 23.4 Å². The van der Waals surface area contributed by atoms with Crippen molar-refractivity contribution in [2.75, 3.05) is 12.3 Å². The van der Waals surface area contributed by atoms with Gasteiger partial charge in [-0.05, 0) is 24.3 Å². The molecule has 0 aliphatic rings. The molecule has 2 aromatic carbocycles. The van der Waals surface area contributed by atoms with Gasteiger partial charge in [0, 0.05) is 17.1 Å². The molecule has 0 aliphatic heterocycles. The number of hydrogen-bond donors (Lipinski definition) is 1. The number of nitrogens with one attached hydrogen (secondary N) is 1. The molecule has 3 rings (SSSR count). The minimum Gasteiger partial charge on any atom is -0.352 e. The summed E-state index contributed by atoms with van der Waals surface area (Å²) in [6.07, 6.45) is -3.06. The number of nitrogens with zero attached hydrogens (tertiary/aromatic N) is 3. The predicted octanol–water partition coefficient (Wildman–Crippen LogP) is 5.00.